The molecule has 5 nitrogen and oxygen atoms in total. The van der Waals surface area contributed by atoms with Crippen LogP contribution in [0.15, 0.2) is 87.5 Å². The first kappa shape index (κ1) is 15.7. The van der Waals surface area contributed by atoms with E-state index in [9.17, 15) is 0 Å². The molecule has 0 saturated carbocycles. The van der Waals surface area contributed by atoms with Gasteiger partial charge in [0.25, 0.3) is 0 Å². The van der Waals surface area contributed by atoms with E-state index in [1.165, 1.54) is 5.39 Å². The molecule has 6 heteroatoms. The van der Waals surface area contributed by atoms with Crippen molar-refractivity contribution in [3.05, 3.63) is 78.6 Å². The Labute approximate surface area is 164 Å². The normalized spacial score (nSPS) is 13.6. The first-order chi connectivity index (χ1) is 13.9. The van der Waals surface area contributed by atoms with Crippen molar-refractivity contribution in [1.29, 1.82) is 0 Å². The molecule has 134 valence electrons. The van der Waals surface area contributed by atoms with E-state index in [-0.39, 0.29) is 0 Å². The lowest BCUT2D eigenvalue weighted by Gasteiger charge is -2.13. The smallest absolute Gasteiger partial charge is 0.212 e. The molecule has 0 atom stereocenters. The lowest BCUT2D eigenvalue weighted by atomic mass is 10.0. The number of aromatic nitrogens is 3. The molecule has 5 aromatic rings. The van der Waals surface area contributed by atoms with Crippen molar-refractivity contribution in [1.82, 2.24) is 14.9 Å². The Balaban J connectivity index is 1.52. The molecule has 0 fully saturated rings. The molecular weight excluding hydrogens is 368 g/mol. The monoisotopic (exact) mass is 382 g/mol. The third-order valence-electron chi connectivity index (χ3n) is 4.91. The van der Waals surface area contributed by atoms with E-state index in [4.69, 9.17) is 9.52 Å². The van der Waals surface area contributed by atoms with E-state index in [0.29, 0.717) is 5.75 Å². The summed E-state index contributed by atoms with van der Waals surface area (Å²) in [5.74, 6) is 2.23. The Morgan fingerprint density at radius 2 is 1.68 bits per heavy atom. The van der Waals surface area contributed by atoms with Gasteiger partial charge in [0.1, 0.15) is 11.3 Å². The van der Waals surface area contributed by atoms with Crippen molar-refractivity contribution in [2.45, 2.75) is 5.16 Å². The fourth-order valence-electron chi connectivity index (χ4n) is 3.56. The largest absolute Gasteiger partial charge is 0.455 e. The van der Waals surface area contributed by atoms with Crippen molar-refractivity contribution < 1.29 is 4.42 Å². The Bertz CT molecular complexity index is 1340. The van der Waals surface area contributed by atoms with Crippen LogP contribution in [0.4, 0.5) is 0 Å². The Kier molecular flexibility index (Phi) is 3.39. The summed E-state index contributed by atoms with van der Waals surface area (Å²) in [5, 5.41) is 17.8. The molecule has 6 rings (SSSR count). The zero-order chi connectivity index (χ0) is 18.5. The summed E-state index contributed by atoms with van der Waals surface area (Å²) >= 11 is 1.62. The standard InChI is InChI=1S/C22H14N4OS/c1-3-9-16-14(6-1)8-5-10-17(16)21-23-24-22-26(21)25-18(13-28-22)20-12-15-7-2-4-11-19(15)27-20/h1-12H,13H2. The molecule has 0 aliphatic carbocycles. The number of furan rings is 1. The van der Waals surface area contributed by atoms with Gasteiger partial charge in [-0.15, -0.1) is 10.2 Å². The van der Waals surface area contributed by atoms with Crippen molar-refractivity contribution in [3.8, 4) is 11.4 Å². The zero-order valence-corrected chi connectivity index (χ0v) is 15.6. The van der Waals surface area contributed by atoms with Crippen LogP contribution in [0, 0.1) is 0 Å². The third-order valence-corrected chi connectivity index (χ3v) is 5.84. The second kappa shape index (κ2) is 6.07. The number of nitrogens with zero attached hydrogens (tertiary/aromatic N) is 4. The summed E-state index contributed by atoms with van der Waals surface area (Å²) < 4.78 is 7.85. The summed E-state index contributed by atoms with van der Waals surface area (Å²) in [4.78, 5) is 0. The Morgan fingerprint density at radius 1 is 0.857 bits per heavy atom. The molecule has 0 saturated heterocycles. The number of hydrogen-bond acceptors (Lipinski definition) is 5. The highest BCUT2D eigenvalue weighted by Crippen LogP contribution is 2.33. The molecule has 0 radical (unpaired) electrons. The molecular formula is C22H14N4OS. The molecule has 0 spiro atoms. The minimum Gasteiger partial charge on any atom is -0.455 e. The van der Waals surface area contributed by atoms with E-state index in [1.54, 1.807) is 11.8 Å². The first-order valence-corrected chi connectivity index (χ1v) is 9.98. The number of benzene rings is 3. The highest BCUT2D eigenvalue weighted by Gasteiger charge is 2.23. The van der Waals surface area contributed by atoms with Crippen LogP contribution in [0.1, 0.15) is 5.76 Å². The van der Waals surface area contributed by atoms with Gasteiger partial charge in [-0.3, -0.25) is 0 Å². The van der Waals surface area contributed by atoms with Crippen LogP contribution in [0.5, 0.6) is 0 Å². The van der Waals surface area contributed by atoms with Crippen LogP contribution in [-0.4, -0.2) is 26.3 Å². The average Bonchev–Trinajstić information content (AvgIpc) is 3.37. The molecule has 0 unspecified atom stereocenters. The predicted molar refractivity (Wildman–Crippen MR) is 112 cm³/mol. The fourth-order valence-corrected chi connectivity index (χ4v) is 4.37. The topological polar surface area (TPSA) is 56.2 Å². The maximum atomic E-state index is 6.02. The van der Waals surface area contributed by atoms with Gasteiger partial charge in [-0.2, -0.15) is 9.78 Å². The number of thioether (sulfide) groups is 1. The van der Waals surface area contributed by atoms with Gasteiger partial charge >= 0.3 is 0 Å². The van der Waals surface area contributed by atoms with Crippen LogP contribution < -0.4 is 0 Å². The van der Waals surface area contributed by atoms with Crippen LogP contribution >= 0.6 is 11.8 Å². The predicted octanol–water partition coefficient (Wildman–Crippen LogP) is 5.20. The lowest BCUT2D eigenvalue weighted by molar-refractivity contribution is 0.601. The molecule has 3 heterocycles. The minimum absolute atomic E-state index is 0.702. The number of para-hydroxylation sites is 1. The van der Waals surface area contributed by atoms with Gasteiger partial charge in [-0.1, -0.05) is 72.4 Å². The molecule has 0 amide bonds. The number of rotatable bonds is 2. The molecule has 0 N–H and O–H groups in total. The van der Waals surface area contributed by atoms with Gasteiger partial charge in [0.15, 0.2) is 11.6 Å². The van der Waals surface area contributed by atoms with E-state index in [1.807, 2.05) is 53.2 Å². The van der Waals surface area contributed by atoms with Crippen molar-refractivity contribution >= 4 is 39.2 Å². The lowest BCUT2D eigenvalue weighted by Crippen LogP contribution is -2.13. The van der Waals surface area contributed by atoms with Gasteiger partial charge in [-0.05, 0) is 22.9 Å². The fraction of sp³-hybridized carbons (Fsp3) is 0.0455. The number of fused-ring (bicyclic) bond motifs is 3. The van der Waals surface area contributed by atoms with Gasteiger partial charge in [-0.25, -0.2) is 0 Å². The zero-order valence-electron chi connectivity index (χ0n) is 14.7. The van der Waals surface area contributed by atoms with Crippen LogP contribution in [0.2, 0.25) is 0 Å². The highest BCUT2D eigenvalue weighted by atomic mass is 32.2. The van der Waals surface area contributed by atoms with Gasteiger partial charge < -0.3 is 4.42 Å². The molecule has 2 aromatic heterocycles. The highest BCUT2D eigenvalue weighted by molar-refractivity contribution is 7.99. The van der Waals surface area contributed by atoms with Crippen molar-refractivity contribution in [3.63, 3.8) is 0 Å². The second-order valence-electron chi connectivity index (χ2n) is 6.63. The summed E-state index contributed by atoms with van der Waals surface area (Å²) in [6.07, 6.45) is 0. The molecule has 1 aliphatic heterocycles. The molecule has 28 heavy (non-hydrogen) atoms. The van der Waals surface area contributed by atoms with E-state index < -0.39 is 0 Å². The average molecular weight is 382 g/mol. The quantitative estimate of drug-likeness (QED) is 0.421. The van der Waals surface area contributed by atoms with Crippen LogP contribution in [0.25, 0.3) is 33.1 Å². The number of hydrogen-bond donors (Lipinski definition) is 0. The third kappa shape index (κ3) is 2.38. The van der Waals surface area contributed by atoms with Crippen molar-refractivity contribution in [2.24, 2.45) is 5.10 Å². The first-order valence-electron chi connectivity index (χ1n) is 9.00. The van der Waals surface area contributed by atoms with Crippen LogP contribution in [0.3, 0.4) is 0 Å². The molecule has 1 aliphatic rings. The summed E-state index contributed by atoms with van der Waals surface area (Å²) in [5.41, 5.74) is 2.77. The summed E-state index contributed by atoms with van der Waals surface area (Å²) in [7, 11) is 0. The maximum Gasteiger partial charge on any atom is 0.212 e. The van der Waals surface area contributed by atoms with E-state index in [2.05, 4.69) is 34.5 Å². The van der Waals surface area contributed by atoms with Crippen molar-refractivity contribution in [2.75, 3.05) is 5.75 Å². The Morgan fingerprint density at radius 3 is 2.61 bits per heavy atom. The SMILES string of the molecule is c1ccc2oc(C3=Nn4c(nnc4-c4cccc5ccccc45)SC3)cc2c1. The summed E-state index contributed by atoms with van der Waals surface area (Å²) in [6, 6.07) is 24.5. The molecule has 0 bridgehead atoms. The maximum absolute atomic E-state index is 6.02. The summed E-state index contributed by atoms with van der Waals surface area (Å²) in [6.45, 7) is 0. The van der Waals surface area contributed by atoms with E-state index >= 15 is 0 Å². The Hall–Kier alpha value is -3.38. The van der Waals surface area contributed by atoms with Crippen LogP contribution in [-0.2, 0) is 0 Å². The van der Waals surface area contributed by atoms with Gasteiger partial charge in [0.2, 0.25) is 5.16 Å². The second-order valence-corrected chi connectivity index (χ2v) is 7.57. The van der Waals surface area contributed by atoms with E-state index in [0.717, 1.165) is 44.4 Å². The van der Waals surface area contributed by atoms with Gasteiger partial charge in [0.05, 0.1) is 0 Å². The molecule has 3 aromatic carbocycles. The minimum atomic E-state index is 0.702. The van der Waals surface area contributed by atoms with Gasteiger partial charge in [0, 0.05) is 16.7 Å².